The van der Waals surface area contributed by atoms with Gasteiger partial charge in [0.1, 0.15) is 30.4 Å². The predicted octanol–water partition coefficient (Wildman–Crippen LogP) is 2.91. The summed E-state index contributed by atoms with van der Waals surface area (Å²) in [5.41, 5.74) is -0.912. The predicted molar refractivity (Wildman–Crippen MR) is 112 cm³/mol. The molecule has 0 atom stereocenters. The van der Waals surface area contributed by atoms with E-state index in [1.165, 1.54) is 6.08 Å². The fraction of sp³-hybridized carbons (Fsp3) is 0.143. The zero-order chi connectivity index (χ0) is 21.5. The summed E-state index contributed by atoms with van der Waals surface area (Å²) < 4.78 is 11.2. The van der Waals surface area contributed by atoms with Crippen molar-refractivity contribution < 1.29 is 14.4 Å². The molecule has 0 saturated carbocycles. The molecule has 0 fully saturated rings. The molecule has 0 unspecified atom stereocenters. The molecule has 0 aliphatic heterocycles. The molecule has 9 heteroatoms. The van der Waals surface area contributed by atoms with Crippen LogP contribution in [0, 0.1) is 17.0 Å². The van der Waals surface area contributed by atoms with Crippen LogP contribution in [0.5, 0.6) is 11.5 Å². The van der Waals surface area contributed by atoms with Gasteiger partial charge in [-0.05, 0) is 42.8 Å². The number of rotatable bonds is 8. The first-order chi connectivity index (χ1) is 14.4. The number of hydrogen-bond donors (Lipinski definition) is 2. The van der Waals surface area contributed by atoms with Gasteiger partial charge in [0.2, 0.25) is 0 Å². The average molecular weight is 409 g/mol. The Morgan fingerprint density at radius 1 is 0.900 bits per heavy atom. The summed E-state index contributed by atoms with van der Waals surface area (Å²) >= 11 is 0. The van der Waals surface area contributed by atoms with Gasteiger partial charge in [-0.3, -0.25) is 19.9 Å². The molecular weight excluding hydrogens is 390 g/mol. The van der Waals surface area contributed by atoms with Crippen LogP contribution in [0.2, 0.25) is 0 Å². The Bertz CT molecular complexity index is 1160. The number of nitro groups is 1. The van der Waals surface area contributed by atoms with E-state index in [4.69, 9.17) is 9.47 Å². The van der Waals surface area contributed by atoms with Gasteiger partial charge in [0.05, 0.1) is 4.92 Å². The smallest absolute Gasteiger partial charge is 0.357 e. The van der Waals surface area contributed by atoms with Gasteiger partial charge in [-0.15, -0.1) is 0 Å². The molecule has 0 spiro atoms. The normalized spacial score (nSPS) is 10.8. The second-order valence-corrected chi connectivity index (χ2v) is 6.34. The number of benzene rings is 2. The van der Waals surface area contributed by atoms with Crippen LogP contribution in [0.25, 0.3) is 12.2 Å². The molecule has 1 heterocycles. The van der Waals surface area contributed by atoms with E-state index in [9.17, 15) is 19.7 Å². The Labute approximate surface area is 170 Å². The van der Waals surface area contributed by atoms with Crippen molar-refractivity contribution in [3.63, 3.8) is 0 Å². The third-order valence-corrected chi connectivity index (χ3v) is 4.09. The highest BCUT2D eigenvalue weighted by Gasteiger charge is 2.18. The molecule has 0 radical (unpaired) electrons. The highest BCUT2D eigenvalue weighted by Crippen LogP contribution is 2.16. The molecule has 3 aromatic rings. The molecular formula is C21H19N3O6. The number of aryl methyl sites for hydroxylation is 1. The lowest BCUT2D eigenvalue weighted by Crippen LogP contribution is -2.25. The van der Waals surface area contributed by atoms with Crippen LogP contribution in [0.15, 0.2) is 58.1 Å². The quantitative estimate of drug-likeness (QED) is 0.335. The molecule has 154 valence electrons. The molecule has 0 aliphatic rings. The molecule has 2 N–H and O–H groups in total. The largest absolute Gasteiger partial charge is 0.490 e. The third-order valence-electron chi connectivity index (χ3n) is 4.09. The molecule has 2 aromatic carbocycles. The number of aromatic nitrogens is 2. The summed E-state index contributed by atoms with van der Waals surface area (Å²) in [5, 5.41) is 11.0. The van der Waals surface area contributed by atoms with Crippen LogP contribution in [-0.2, 0) is 0 Å². The average Bonchev–Trinajstić information content (AvgIpc) is 2.71. The third kappa shape index (κ3) is 5.44. The number of hydrogen-bond acceptors (Lipinski definition) is 6. The van der Waals surface area contributed by atoms with Crippen molar-refractivity contribution in [3.05, 3.63) is 96.3 Å². The van der Waals surface area contributed by atoms with Crippen LogP contribution in [0.1, 0.15) is 16.8 Å². The second kappa shape index (κ2) is 9.37. The molecule has 30 heavy (non-hydrogen) atoms. The second-order valence-electron chi connectivity index (χ2n) is 6.34. The number of nitrogens with zero attached hydrogens (tertiary/aromatic N) is 1. The summed E-state index contributed by atoms with van der Waals surface area (Å²) in [7, 11) is 0. The molecule has 9 nitrogen and oxygen atoms in total. The van der Waals surface area contributed by atoms with Gasteiger partial charge in [-0.2, -0.15) is 0 Å². The maximum atomic E-state index is 11.6. The van der Waals surface area contributed by atoms with Crippen LogP contribution in [0.4, 0.5) is 5.69 Å². The number of nitrogens with one attached hydrogen (secondary N) is 2. The molecule has 1 aromatic heterocycles. The van der Waals surface area contributed by atoms with Gasteiger partial charge < -0.3 is 14.5 Å². The van der Waals surface area contributed by atoms with E-state index in [1.54, 1.807) is 30.3 Å². The van der Waals surface area contributed by atoms with Gasteiger partial charge in [-0.1, -0.05) is 35.9 Å². The first kappa shape index (κ1) is 20.6. The van der Waals surface area contributed by atoms with Crippen molar-refractivity contribution in [1.82, 2.24) is 9.97 Å². The van der Waals surface area contributed by atoms with E-state index >= 15 is 0 Å². The first-order valence-electron chi connectivity index (χ1n) is 9.04. The standard InChI is InChI=1S/C21H19N3O6/c1-14-2-7-16(8-3-14)29-12-13-30-17-9-4-15(5-10-17)6-11-18-19(24(27)28)20(25)23-21(26)22-18/h2-11H,12-13H2,1H3,(H2,22,23,25,26)/b11-6+. The summed E-state index contributed by atoms with van der Waals surface area (Å²) in [6, 6.07) is 14.7. The maximum absolute atomic E-state index is 11.6. The Morgan fingerprint density at radius 2 is 1.47 bits per heavy atom. The minimum Gasteiger partial charge on any atom is -0.490 e. The van der Waals surface area contributed by atoms with Gasteiger partial charge >= 0.3 is 16.9 Å². The lowest BCUT2D eigenvalue weighted by atomic mass is 10.2. The monoisotopic (exact) mass is 409 g/mol. The summed E-state index contributed by atoms with van der Waals surface area (Å²) in [4.78, 5) is 37.3. The molecule has 0 aliphatic carbocycles. The fourth-order valence-electron chi connectivity index (χ4n) is 2.61. The van der Waals surface area contributed by atoms with Crippen LogP contribution >= 0.6 is 0 Å². The van der Waals surface area contributed by atoms with Crippen molar-refractivity contribution in [1.29, 1.82) is 0 Å². The minimum atomic E-state index is -1.06. The van der Waals surface area contributed by atoms with Crippen LogP contribution in [0.3, 0.4) is 0 Å². The number of aromatic amines is 2. The molecule has 0 bridgehead atoms. The van der Waals surface area contributed by atoms with Gasteiger partial charge in [0.15, 0.2) is 0 Å². The van der Waals surface area contributed by atoms with Gasteiger partial charge in [0.25, 0.3) is 0 Å². The topological polar surface area (TPSA) is 127 Å². The summed E-state index contributed by atoms with van der Waals surface area (Å²) in [5.74, 6) is 1.41. The lowest BCUT2D eigenvalue weighted by Gasteiger charge is -2.08. The van der Waals surface area contributed by atoms with E-state index in [1.807, 2.05) is 36.2 Å². The highest BCUT2D eigenvalue weighted by molar-refractivity contribution is 5.71. The van der Waals surface area contributed by atoms with Crippen LogP contribution < -0.4 is 20.7 Å². The lowest BCUT2D eigenvalue weighted by molar-refractivity contribution is -0.386. The van der Waals surface area contributed by atoms with Crippen molar-refractivity contribution in [2.75, 3.05) is 13.2 Å². The summed E-state index contributed by atoms with van der Waals surface area (Å²) in [6.07, 6.45) is 2.85. The van der Waals surface area contributed by atoms with E-state index in [-0.39, 0.29) is 5.69 Å². The van der Waals surface area contributed by atoms with Crippen LogP contribution in [-0.4, -0.2) is 28.1 Å². The Hall–Kier alpha value is -4.14. The van der Waals surface area contributed by atoms with Crippen molar-refractivity contribution in [3.8, 4) is 11.5 Å². The molecule has 0 amide bonds. The van der Waals surface area contributed by atoms with Gasteiger partial charge in [0, 0.05) is 0 Å². The minimum absolute atomic E-state index is 0.178. The van der Waals surface area contributed by atoms with E-state index in [0.717, 1.165) is 11.3 Å². The van der Waals surface area contributed by atoms with Crippen molar-refractivity contribution in [2.24, 2.45) is 0 Å². The summed E-state index contributed by atoms with van der Waals surface area (Å²) in [6.45, 7) is 2.76. The Morgan fingerprint density at radius 3 is 2.03 bits per heavy atom. The maximum Gasteiger partial charge on any atom is 0.357 e. The SMILES string of the molecule is Cc1ccc(OCCOc2ccc(/C=C/c3[nH]c(=O)[nH]c(=O)c3[N+](=O)[O-])cc2)cc1. The van der Waals surface area contributed by atoms with E-state index in [0.29, 0.717) is 24.5 Å². The zero-order valence-electron chi connectivity index (χ0n) is 16.1. The Kier molecular flexibility index (Phi) is 6.43. The fourth-order valence-corrected chi connectivity index (χ4v) is 2.61. The van der Waals surface area contributed by atoms with Crippen molar-refractivity contribution >= 4 is 17.8 Å². The van der Waals surface area contributed by atoms with Crippen molar-refractivity contribution in [2.45, 2.75) is 6.92 Å². The first-order valence-corrected chi connectivity index (χ1v) is 9.04. The van der Waals surface area contributed by atoms with E-state index in [2.05, 4.69) is 4.98 Å². The molecule has 3 rings (SSSR count). The number of ether oxygens (including phenoxy) is 2. The number of H-pyrrole nitrogens is 2. The molecule has 0 saturated heterocycles. The van der Waals surface area contributed by atoms with E-state index < -0.39 is 21.9 Å². The van der Waals surface area contributed by atoms with Gasteiger partial charge in [-0.25, -0.2) is 4.79 Å². The zero-order valence-corrected chi connectivity index (χ0v) is 16.1. The Balaban J connectivity index is 1.58. The highest BCUT2D eigenvalue weighted by atomic mass is 16.6.